The molecule has 1 N–H and O–H groups in total. The summed E-state index contributed by atoms with van der Waals surface area (Å²) in [6.45, 7) is 18.0. The van der Waals surface area contributed by atoms with Crippen LogP contribution in [0.25, 0.3) is 0 Å². The fourth-order valence-electron chi connectivity index (χ4n) is 6.76. The van der Waals surface area contributed by atoms with Gasteiger partial charge in [0.15, 0.2) is 18.1 Å². The summed E-state index contributed by atoms with van der Waals surface area (Å²) >= 11 is 0. The van der Waals surface area contributed by atoms with Crippen molar-refractivity contribution in [3.8, 4) is 0 Å². The Balaban J connectivity index is 0.000000246. The lowest BCUT2D eigenvalue weighted by molar-refractivity contribution is -0.183. The van der Waals surface area contributed by atoms with E-state index in [0.29, 0.717) is 29.1 Å². The summed E-state index contributed by atoms with van der Waals surface area (Å²) in [4.78, 5) is 45.0. The predicted molar refractivity (Wildman–Crippen MR) is 173 cm³/mol. The summed E-state index contributed by atoms with van der Waals surface area (Å²) in [5.41, 5.74) is -1.57. The molecule has 0 atom stereocenters. The van der Waals surface area contributed by atoms with E-state index in [-0.39, 0.29) is 24.3 Å². The summed E-state index contributed by atoms with van der Waals surface area (Å²) in [5.74, 6) is 1.73. The molecule has 5 aliphatic carbocycles. The molecule has 11 heteroatoms. The van der Waals surface area contributed by atoms with Gasteiger partial charge in [0.1, 0.15) is 17.7 Å². The highest BCUT2D eigenvalue weighted by molar-refractivity contribution is 5.88. The van der Waals surface area contributed by atoms with Gasteiger partial charge in [-0.25, -0.2) is 14.4 Å². The van der Waals surface area contributed by atoms with Crippen molar-refractivity contribution >= 4 is 23.7 Å². The van der Waals surface area contributed by atoms with Crippen LogP contribution in [0, 0.1) is 23.7 Å². The lowest BCUT2D eigenvalue weighted by Gasteiger charge is -2.53. The molecule has 260 valence electrons. The Bertz CT molecular complexity index is 1090. The third-order valence-corrected chi connectivity index (χ3v) is 9.35. The second kappa shape index (κ2) is 16.8. The maximum absolute atomic E-state index is 11.3. The first kappa shape index (κ1) is 39.3. The van der Waals surface area contributed by atoms with Gasteiger partial charge in [-0.05, 0) is 130 Å². The molecule has 46 heavy (non-hydrogen) atoms. The van der Waals surface area contributed by atoms with E-state index in [1.54, 1.807) is 13.8 Å². The molecule has 4 bridgehead atoms. The number of esters is 3. The molecule has 0 aromatic carbocycles. The molecule has 5 aliphatic rings. The number of aliphatic hydroxyl groups excluding tert-OH is 1. The van der Waals surface area contributed by atoms with E-state index in [2.05, 4.69) is 28.1 Å². The Hall–Kier alpha value is -2.92. The zero-order valence-electron chi connectivity index (χ0n) is 29.2. The molecule has 0 saturated heterocycles. The van der Waals surface area contributed by atoms with E-state index >= 15 is 0 Å². The summed E-state index contributed by atoms with van der Waals surface area (Å²) in [5, 5.41) is 16.3. The van der Waals surface area contributed by atoms with Crippen molar-refractivity contribution in [2.45, 2.75) is 129 Å². The van der Waals surface area contributed by atoms with Crippen LogP contribution in [0.1, 0.15) is 106 Å². The SMILES string of the molecule is C=C(C)C(=O)OC1(C)CCCC1.C=C(C)C(=O)OCOC1C2CC3CC(C2)CC1C3.COC(=O)C(C)(C)N=NC(C)(C)C(=O)CO. The van der Waals surface area contributed by atoms with Gasteiger partial charge in [-0.2, -0.15) is 10.2 Å². The number of nitrogens with zero attached hydrogens (tertiary/aromatic N) is 2. The van der Waals surface area contributed by atoms with Gasteiger partial charge in [-0.3, -0.25) is 4.79 Å². The first-order valence-corrected chi connectivity index (χ1v) is 16.3. The number of hydrogen-bond acceptors (Lipinski definition) is 11. The molecule has 0 radical (unpaired) electrons. The first-order chi connectivity index (χ1) is 21.3. The number of azo groups is 1. The van der Waals surface area contributed by atoms with Gasteiger partial charge in [0.25, 0.3) is 0 Å². The first-order valence-electron chi connectivity index (χ1n) is 16.3. The van der Waals surface area contributed by atoms with Crippen molar-refractivity contribution in [1.82, 2.24) is 0 Å². The highest BCUT2D eigenvalue weighted by Crippen LogP contribution is 2.54. The number of carbonyl (C=O) groups is 4. The molecule has 0 heterocycles. The minimum atomic E-state index is -1.14. The minimum Gasteiger partial charge on any atom is -0.467 e. The number of hydrogen-bond donors (Lipinski definition) is 1. The number of carbonyl (C=O) groups excluding carboxylic acids is 4. The Morgan fingerprint density at radius 2 is 1.30 bits per heavy atom. The van der Waals surface area contributed by atoms with Gasteiger partial charge in [0.05, 0.1) is 13.2 Å². The number of methoxy groups -OCH3 is 1. The lowest BCUT2D eigenvalue weighted by atomic mass is 9.55. The normalized spacial score (nSPS) is 25.8. The summed E-state index contributed by atoms with van der Waals surface area (Å²) in [6.07, 6.45) is 11.4. The van der Waals surface area contributed by atoms with Crippen LogP contribution >= 0.6 is 0 Å². The summed E-state index contributed by atoms with van der Waals surface area (Å²) in [7, 11) is 1.25. The van der Waals surface area contributed by atoms with Crippen LogP contribution in [0.3, 0.4) is 0 Å². The molecule has 5 saturated carbocycles. The van der Waals surface area contributed by atoms with Crippen LogP contribution in [0.4, 0.5) is 0 Å². The molecule has 5 rings (SSSR count). The van der Waals surface area contributed by atoms with Gasteiger partial charge in [0.2, 0.25) is 0 Å². The smallest absolute Gasteiger partial charge is 0.335 e. The van der Waals surface area contributed by atoms with Crippen molar-refractivity contribution in [3.63, 3.8) is 0 Å². The zero-order valence-corrected chi connectivity index (χ0v) is 29.2. The van der Waals surface area contributed by atoms with Crippen LogP contribution in [-0.2, 0) is 38.1 Å². The second-order valence-corrected chi connectivity index (χ2v) is 14.6. The number of Topliss-reactive ketones (excluding diaryl/α,β-unsaturated/α-hetero) is 1. The second-order valence-electron chi connectivity index (χ2n) is 14.6. The van der Waals surface area contributed by atoms with Crippen molar-refractivity contribution in [1.29, 1.82) is 0 Å². The zero-order chi connectivity index (χ0) is 34.9. The number of ketones is 1. The molecule has 11 nitrogen and oxygen atoms in total. The Labute approximate surface area is 274 Å². The van der Waals surface area contributed by atoms with Crippen molar-refractivity contribution in [2.75, 3.05) is 20.5 Å². The monoisotopic (exact) mass is 648 g/mol. The largest absolute Gasteiger partial charge is 0.467 e. The van der Waals surface area contributed by atoms with E-state index in [9.17, 15) is 19.2 Å². The van der Waals surface area contributed by atoms with E-state index < -0.39 is 29.4 Å². The van der Waals surface area contributed by atoms with Crippen molar-refractivity contribution < 1.29 is 43.2 Å². The topological polar surface area (TPSA) is 150 Å². The molecule has 0 aliphatic heterocycles. The number of aliphatic hydroxyl groups is 1. The molecule has 0 spiro atoms. The Morgan fingerprint density at radius 1 is 0.826 bits per heavy atom. The van der Waals surface area contributed by atoms with E-state index in [0.717, 1.165) is 24.7 Å². The molecule has 0 amide bonds. The molecule has 0 aromatic heterocycles. The predicted octanol–water partition coefficient (Wildman–Crippen LogP) is 6.07. The van der Waals surface area contributed by atoms with Gasteiger partial charge < -0.3 is 24.1 Å². The van der Waals surface area contributed by atoms with Crippen LogP contribution in [0.5, 0.6) is 0 Å². The van der Waals surface area contributed by atoms with E-state index in [1.807, 2.05) is 6.92 Å². The molecular weight excluding hydrogens is 592 g/mol. The number of ether oxygens (including phenoxy) is 4. The lowest BCUT2D eigenvalue weighted by Crippen LogP contribution is -2.49. The van der Waals surface area contributed by atoms with Crippen LogP contribution in [0.15, 0.2) is 34.5 Å². The minimum absolute atomic E-state index is 0.0959. The highest BCUT2D eigenvalue weighted by Gasteiger charge is 2.48. The third kappa shape index (κ3) is 11.4. The van der Waals surface area contributed by atoms with Gasteiger partial charge in [-0.15, -0.1) is 0 Å². The average molecular weight is 649 g/mol. The molecule has 5 fully saturated rings. The maximum Gasteiger partial charge on any atom is 0.335 e. The third-order valence-electron chi connectivity index (χ3n) is 9.35. The fourth-order valence-corrected chi connectivity index (χ4v) is 6.76. The van der Waals surface area contributed by atoms with E-state index in [4.69, 9.17) is 19.3 Å². The van der Waals surface area contributed by atoms with Gasteiger partial charge in [-0.1, -0.05) is 13.2 Å². The fraction of sp³-hybridized carbons (Fsp3) is 0.771. The van der Waals surface area contributed by atoms with Crippen LogP contribution in [-0.4, -0.2) is 72.1 Å². The maximum atomic E-state index is 11.3. The van der Waals surface area contributed by atoms with Crippen molar-refractivity contribution in [2.24, 2.45) is 33.9 Å². The van der Waals surface area contributed by atoms with Crippen molar-refractivity contribution in [3.05, 3.63) is 24.3 Å². The van der Waals surface area contributed by atoms with Crippen LogP contribution in [0.2, 0.25) is 0 Å². The average Bonchev–Trinajstić information content (AvgIpc) is 3.42. The molecule has 0 aromatic rings. The Morgan fingerprint density at radius 3 is 1.74 bits per heavy atom. The standard InChI is InChI=1S/C15H22O3.C10H18N2O4.C10H16O2/c1-9(2)15(16)18-8-17-14-12-4-10-3-11(6-12)7-13(14)5-10;1-9(2,7(14)6-13)11-12-10(3,4)8(15)16-5;1-8(2)9(11)12-10(3)6-4-5-7-10/h10-14H,1,3-8H2,2H3;13H,6H2,1-5H3;1,4-7H2,2-3H3. The van der Waals surface area contributed by atoms with Gasteiger partial charge >= 0.3 is 17.9 Å². The van der Waals surface area contributed by atoms with E-state index in [1.165, 1.54) is 79.8 Å². The number of rotatable bonds is 11. The molecule has 0 unspecified atom stereocenters. The Kier molecular flexibility index (Phi) is 14.3. The highest BCUT2D eigenvalue weighted by atomic mass is 16.7. The molecular formula is C35H56N2O9. The summed E-state index contributed by atoms with van der Waals surface area (Å²) in [6, 6.07) is 0. The quantitative estimate of drug-likeness (QED) is 0.0925. The summed E-state index contributed by atoms with van der Waals surface area (Å²) < 4.78 is 20.8. The van der Waals surface area contributed by atoms with Crippen LogP contribution < -0.4 is 0 Å². The van der Waals surface area contributed by atoms with Gasteiger partial charge in [0, 0.05) is 11.1 Å².